The van der Waals surface area contributed by atoms with Gasteiger partial charge in [-0.3, -0.25) is 4.98 Å². The number of imidazole rings is 2. The number of rotatable bonds is 8. The first-order valence-corrected chi connectivity index (χ1v) is 23.6. The number of fused-ring (bicyclic) bond motifs is 5. The van der Waals surface area contributed by atoms with E-state index in [9.17, 15) is 4.39 Å². The van der Waals surface area contributed by atoms with Crippen LogP contribution in [0.1, 0.15) is 78.0 Å². The van der Waals surface area contributed by atoms with E-state index in [4.69, 9.17) is 4.42 Å². The molecule has 0 aliphatic carbocycles. The zero-order valence-electron chi connectivity index (χ0n) is 38.7. The first-order chi connectivity index (χ1) is 33.1. The third-order valence-electron chi connectivity index (χ3n) is 13.6. The lowest BCUT2D eigenvalue weighted by molar-refractivity contribution is 0.206. The number of likely N-dealkylation sites (tertiary alicyclic amines) is 1. The Balaban J connectivity index is 0.000000159. The van der Waals surface area contributed by atoms with Crippen LogP contribution in [-0.4, -0.2) is 87.2 Å². The van der Waals surface area contributed by atoms with Gasteiger partial charge in [-0.15, -0.1) is 0 Å². The molecule has 7 aromatic heterocycles. The zero-order chi connectivity index (χ0) is 46.5. The van der Waals surface area contributed by atoms with Gasteiger partial charge in [0.1, 0.15) is 17.4 Å². The summed E-state index contributed by atoms with van der Waals surface area (Å²) in [6, 6.07) is 24.6. The summed E-state index contributed by atoms with van der Waals surface area (Å²) in [5.74, 6) is 0.640. The minimum atomic E-state index is -0.302. The zero-order valence-corrected chi connectivity index (χ0v) is 38.7. The van der Waals surface area contributed by atoms with Gasteiger partial charge < -0.3 is 19.2 Å². The molecule has 0 bridgehead atoms. The molecule has 344 valence electrons. The van der Waals surface area contributed by atoms with Crippen molar-refractivity contribution >= 4 is 49.5 Å². The van der Waals surface area contributed by atoms with Crippen molar-refractivity contribution in [1.82, 2.24) is 59.7 Å². The maximum Gasteiger partial charge on any atom is 0.156 e. The number of halogens is 2. The van der Waals surface area contributed by atoms with Crippen LogP contribution < -0.4 is 5.32 Å². The van der Waals surface area contributed by atoms with Crippen LogP contribution in [0, 0.1) is 39.3 Å². The molecule has 1 N–H and O–H groups in total. The minimum Gasteiger partial charge on any atom is -0.454 e. The maximum absolute atomic E-state index is 15.4. The molecular weight excluding hydrogens is 859 g/mol. The van der Waals surface area contributed by atoms with Crippen LogP contribution in [-0.2, 0) is 6.54 Å². The van der Waals surface area contributed by atoms with Gasteiger partial charge in [-0.25, -0.2) is 23.3 Å². The molecule has 0 saturated carbocycles. The van der Waals surface area contributed by atoms with Gasteiger partial charge >= 0.3 is 0 Å². The molecule has 0 atom stereocenters. The van der Waals surface area contributed by atoms with Gasteiger partial charge in [0.25, 0.3) is 0 Å². The van der Waals surface area contributed by atoms with E-state index in [1.165, 1.54) is 11.6 Å². The summed E-state index contributed by atoms with van der Waals surface area (Å²) in [4.78, 5) is 16.0. The molecule has 10 aromatic rings. The lowest BCUT2D eigenvalue weighted by Crippen LogP contribution is -2.34. The van der Waals surface area contributed by atoms with Crippen molar-refractivity contribution in [2.75, 3.05) is 32.7 Å². The predicted octanol–water partition coefficient (Wildman–Crippen LogP) is 10.4. The number of piperidine rings is 2. The van der Waals surface area contributed by atoms with Crippen molar-refractivity contribution in [3.63, 3.8) is 0 Å². The lowest BCUT2D eigenvalue weighted by atomic mass is 9.92. The number of aromatic nitrogens is 10. The van der Waals surface area contributed by atoms with Crippen molar-refractivity contribution < 1.29 is 13.2 Å². The van der Waals surface area contributed by atoms with Crippen LogP contribution in [0.15, 0.2) is 95.8 Å². The molecule has 0 unspecified atom stereocenters. The van der Waals surface area contributed by atoms with E-state index in [-0.39, 0.29) is 11.6 Å². The second-order valence-electron chi connectivity index (χ2n) is 18.5. The summed E-state index contributed by atoms with van der Waals surface area (Å²) in [5.41, 5.74) is 12.3. The number of hydrogen-bond donors (Lipinski definition) is 1. The fourth-order valence-electron chi connectivity index (χ4n) is 10.0. The molecule has 0 amide bonds. The Hall–Kier alpha value is -7.10. The van der Waals surface area contributed by atoms with Gasteiger partial charge in [-0.05, 0) is 165 Å². The monoisotopic (exact) mass is 910 g/mol. The third kappa shape index (κ3) is 8.67. The summed E-state index contributed by atoms with van der Waals surface area (Å²) in [5, 5.41) is 27.7. The fraction of sp³-hybridized carbons (Fsp3) is 0.321. The van der Waals surface area contributed by atoms with Crippen LogP contribution in [0.4, 0.5) is 8.78 Å². The Morgan fingerprint density at radius 3 is 2.13 bits per heavy atom. The molecule has 2 aliphatic rings. The molecule has 2 fully saturated rings. The smallest absolute Gasteiger partial charge is 0.156 e. The standard InChI is InChI=1S/C31H31FN8.C22H21FN4O/c1-20-14-28(37-40-18-21(2)34-31(20)40)23-15-25(32)24-17-27(35-36-29(24)16-23)22-8-12-38(13-9-22)10-5-11-39-19-33-26-6-3-4-7-30(26)39;1-12-7-16-10-21(28-22(16)13(2)25-12)15-8-18(23)17-11-19(26-27-20(17)9-15)14-3-5-24-6-4-14/h3-4,6-7,14-19,22H,5,8-13H2,1-2H3;7-11,14,24H,3-6H2,1-2H3. The van der Waals surface area contributed by atoms with Gasteiger partial charge in [0, 0.05) is 51.4 Å². The normalized spacial score (nSPS) is 15.3. The molecule has 0 radical (unpaired) electrons. The summed E-state index contributed by atoms with van der Waals surface area (Å²) in [6.07, 6.45) is 8.91. The molecule has 12 rings (SSSR count). The SMILES string of the molecule is Cc1cc2cc(-c3cc(F)c4cc(C5CCNCC5)nnc4c3)oc2c(C)n1.Cc1cn2nc(-c3cc(F)c4cc(C5CCN(CCCn6cnc7ccccc76)CC5)nnc4c3)cc(C)c2n1. The highest BCUT2D eigenvalue weighted by atomic mass is 19.1. The Kier molecular flexibility index (Phi) is 11.6. The number of nitrogens with one attached hydrogen (secondary N) is 1. The Morgan fingerprint density at radius 1 is 0.691 bits per heavy atom. The molecule has 2 saturated heterocycles. The highest BCUT2D eigenvalue weighted by Gasteiger charge is 2.24. The van der Waals surface area contributed by atoms with Crippen LogP contribution in [0.25, 0.3) is 72.0 Å². The highest BCUT2D eigenvalue weighted by molar-refractivity contribution is 5.89. The number of aryl methyl sites for hydroxylation is 5. The Labute approximate surface area is 391 Å². The van der Waals surface area contributed by atoms with Crippen LogP contribution in [0.3, 0.4) is 0 Å². The number of pyridine rings is 1. The van der Waals surface area contributed by atoms with E-state index in [1.54, 1.807) is 10.6 Å². The molecule has 15 heteroatoms. The molecule has 68 heavy (non-hydrogen) atoms. The summed E-state index contributed by atoms with van der Waals surface area (Å²) < 4.78 is 40.3. The van der Waals surface area contributed by atoms with Crippen molar-refractivity contribution in [2.24, 2.45) is 0 Å². The van der Waals surface area contributed by atoms with Gasteiger partial charge in [-0.1, -0.05) is 12.1 Å². The maximum atomic E-state index is 15.4. The van der Waals surface area contributed by atoms with E-state index < -0.39 is 0 Å². The summed E-state index contributed by atoms with van der Waals surface area (Å²) in [7, 11) is 0. The van der Waals surface area contributed by atoms with E-state index in [2.05, 4.69) is 73.4 Å². The van der Waals surface area contributed by atoms with Gasteiger partial charge in [0.15, 0.2) is 11.2 Å². The van der Waals surface area contributed by atoms with Gasteiger partial charge in [-0.2, -0.15) is 25.5 Å². The molecule has 3 aromatic carbocycles. The molecule has 9 heterocycles. The Morgan fingerprint density at radius 2 is 1.38 bits per heavy atom. The molecule has 13 nitrogen and oxygen atoms in total. The quantitative estimate of drug-likeness (QED) is 0.156. The van der Waals surface area contributed by atoms with Gasteiger partial charge in [0.2, 0.25) is 0 Å². The van der Waals surface area contributed by atoms with E-state index in [0.29, 0.717) is 56.2 Å². The first-order valence-electron chi connectivity index (χ1n) is 23.6. The largest absolute Gasteiger partial charge is 0.454 e. The third-order valence-corrected chi connectivity index (χ3v) is 13.6. The van der Waals surface area contributed by atoms with Crippen molar-refractivity contribution in [3.8, 4) is 22.6 Å². The van der Waals surface area contributed by atoms with Crippen molar-refractivity contribution in [2.45, 2.75) is 78.2 Å². The lowest BCUT2D eigenvalue weighted by Gasteiger charge is -2.31. The fourth-order valence-corrected chi connectivity index (χ4v) is 10.0. The number of furan rings is 1. The topological polar surface area (TPSA) is 141 Å². The Bertz CT molecular complexity index is 3490. The average Bonchev–Trinajstić information content (AvgIpc) is 4.09. The van der Waals surface area contributed by atoms with Crippen molar-refractivity contribution in [3.05, 3.63) is 137 Å². The van der Waals surface area contributed by atoms with Crippen LogP contribution in [0.5, 0.6) is 0 Å². The minimum absolute atomic E-state index is 0.293. The van der Waals surface area contributed by atoms with E-state index in [1.807, 2.05) is 88.8 Å². The number of para-hydroxylation sites is 2. The summed E-state index contributed by atoms with van der Waals surface area (Å²) in [6.45, 7) is 13.8. The van der Waals surface area contributed by atoms with Gasteiger partial charge in [0.05, 0.1) is 63.1 Å². The molecule has 2 aliphatic heterocycles. The second kappa shape index (κ2) is 18.2. The predicted molar refractivity (Wildman–Crippen MR) is 261 cm³/mol. The molecule has 0 spiro atoms. The van der Waals surface area contributed by atoms with E-state index >= 15 is 4.39 Å². The van der Waals surface area contributed by atoms with E-state index in [0.717, 1.165) is 128 Å². The number of benzene rings is 3. The van der Waals surface area contributed by atoms with Crippen LogP contribution >= 0.6 is 0 Å². The van der Waals surface area contributed by atoms with Crippen molar-refractivity contribution in [1.29, 1.82) is 0 Å². The highest BCUT2D eigenvalue weighted by Crippen LogP contribution is 2.35. The first kappa shape index (κ1) is 43.5. The second-order valence-corrected chi connectivity index (χ2v) is 18.5. The van der Waals surface area contributed by atoms with Crippen LogP contribution in [0.2, 0.25) is 0 Å². The summed E-state index contributed by atoms with van der Waals surface area (Å²) >= 11 is 0. The average molecular weight is 911 g/mol. The number of hydrogen-bond acceptors (Lipinski definition) is 11. The molecular formula is C53H52F2N12O. The number of nitrogens with zero attached hydrogens (tertiary/aromatic N) is 11.